The van der Waals surface area contributed by atoms with Crippen LogP contribution in [0.4, 0.5) is 0 Å². The molecule has 0 amide bonds. The van der Waals surface area contributed by atoms with Crippen molar-refractivity contribution in [3.8, 4) is 29.1 Å². The highest BCUT2D eigenvalue weighted by molar-refractivity contribution is 5.59. The number of hydrogen-bond acceptors (Lipinski definition) is 6. The Hall–Kier alpha value is -3.92. The fourth-order valence-corrected chi connectivity index (χ4v) is 3.90. The average Bonchev–Trinajstić information content (AvgIpc) is 3.12. The molecule has 7 heteroatoms. The maximum Gasteiger partial charge on any atom is 0.229 e. The van der Waals surface area contributed by atoms with Crippen molar-refractivity contribution in [1.82, 2.24) is 9.78 Å². The molecule has 1 aromatic heterocycles. The lowest BCUT2D eigenvalue weighted by molar-refractivity contribution is 0.294. The number of aromatic nitrogens is 2. The summed E-state index contributed by atoms with van der Waals surface area (Å²) in [6.45, 7) is 6.58. The summed E-state index contributed by atoms with van der Waals surface area (Å²) in [6.07, 6.45) is 0.892. The molecule has 1 aliphatic heterocycles. The Labute approximate surface area is 187 Å². The summed E-state index contributed by atoms with van der Waals surface area (Å²) in [6, 6.07) is 15.9. The number of nitriles is 1. The first-order valence-corrected chi connectivity index (χ1v) is 10.5. The topological polar surface area (TPSA) is 95.3 Å². The molecule has 0 spiro atoms. The highest BCUT2D eigenvalue weighted by atomic mass is 16.5. The summed E-state index contributed by atoms with van der Waals surface area (Å²) < 4.78 is 19.0. The SMILES string of the molecule is CCCOc1ccc([C@@H]2C(C#N)=C(N)Oc3c2c(C)nn3-c2ccc(C)cc2)cc1OC. The molecular weight excluding hydrogens is 404 g/mol. The predicted molar refractivity (Wildman–Crippen MR) is 121 cm³/mol. The molecule has 0 saturated carbocycles. The van der Waals surface area contributed by atoms with Crippen LogP contribution in [0.25, 0.3) is 5.69 Å². The Morgan fingerprint density at radius 3 is 2.56 bits per heavy atom. The first-order valence-electron chi connectivity index (χ1n) is 10.5. The predicted octanol–water partition coefficient (Wildman–Crippen LogP) is 4.50. The van der Waals surface area contributed by atoms with Crippen LogP contribution >= 0.6 is 0 Å². The van der Waals surface area contributed by atoms with Crippen LogP contribution in [0, 0.1) is 25.2 Å². The number of allylic oxidation sites excluding steroid dienone is 1. The van der Waals surface area contributed by atoms with E-state index in [2.05, 4.69) is 6.07 Å². The normalized spacial score (nSPS) is 15.0. The molecule has 4 rings (SSSR count). The first kappa shape index (κ1) is 21.3. The Kier molecular flexibility index (Phi) is 5.78. The standard InChI is InChI=1S/C25H26N4O3/c1-5-12-31-20-11-8-17(13-21(20)30-4)23-19(14-26)24(27)32-25-22(23)16(3)28-29(25)18-9-6-15(2)7-10-18/h6-11,13,23H,5,12,27H2,1-4H3/t23-/m1/s1. The Balaban J connectivity index is 1.87. The number of methoxy groups -OCH3 is 1. The molecule has 164 valence electrons. The summed E-state index contributed by atoms with van der Waals surface area (Å²) in [4.78, 5) is 0. The third-order valence-electron chi connectivity index (χ3n) is 5.49. The van der Waals surface area contributed by atoms with Gasteiger partial charge in [-0.3, -0.25) is 0 Å². The molecule has 3 aromatic rings. The van der Waals surface area contributed by atoms with Crippen molar-refractivity contribution >= 4 is 0 Å². The van der Waals surface area contributed by atoms with Gasteiger partial charge in [0.25, 0.3) is 0 Å². The van der Waals surface area contributed by atoms with Gasteiger partial charge in [0.15, 0.2) is 11.5 Å². The summed E-state index contributed by atoms with van der Waals surface area (Å²) in [5, 5.41) is 14.6. The summed E-state index contributed by atoms with van der Waals surface area (Å²) in [5.41, 5.74) is 11.0. The zero-order valence-corrected chi connectivity index (χ0v) is 18.7. The molecule has 2 N–H and O–H groups in total. The molecular formula is C25H26N4O3. The van der Waals surface area contributed by atoms with Crippen molar-refractivity contribution in [2.24, 2.45) is 5.73 Å². The van der Waals surface area contributed by atoms with E-state index in [1.54, 1.807) is 11.8 Å². The highest BCUT2D eigenvalue weighted by Crippen LogP contribution is 2.46. The second kappa shape index (κ2) is 8.67. The smallest absolute Gasteiger partial charge is 0.229 e. The number of rotatable bonds is 6. The largest absolute Gasteiger partial charge is 0.493 e. The van der Waals surface area contributed by atoms with Gasteiger partial charge in [0.05, 0.1) is 36.6 Å². The van der Waals surface area contributed by atoms with Gasteiger partial charge in [0, 0.05) is 0 Å². The zero-order valence-electron chi connectivity index (χ0n) is 18.7. The van der Waals surface area contributed by atoms with Crippen LogP contribution < -0.4 is 19.9 Å². The molecule has 0 bridgehead atoms. The molecule has 7 nitrogen and oxygen atoms in total. The van der Waals surface area contributed by atoms with Gasteiger partial charge in [-0.15, -0.1) is 0 Å². The first-order chi connectivity index (χ1) is 15.5. The fraction of sp³-hybridized carbons (Fsp3) is 0.280. The van der Waals surface area contributed by atoms with Gasteiger partial charge in [-0.25, -0.2) is 4.68 Å². The number of ether oxygens (including phenoxy) is 3. The number of hydrogen-bond donors (Lipinski definition) is 1. The van der Waals surface area contributed by atoms with Crippen LogP contribution in [0.1, 0.15) is 41.6 Å². The van der Waals surface area contributed by atoms with E-state index in [1.165, 1.54) is 0 Å². The lowest BCUT2D eigenvalue weighted by atomic mass is 9.84. The van der Waals surface area contributed by atoms with Gasteiger partial charge >= 0.3 is 0 Å². The minimum atomic E-state index is -0.433. The minimum absolute atomic E-state index is 0.0727. The lowest BCUT2D eigenvalue weighted by Gasteiger charge is -2.25. The third kappa shape index (κ3) is 3.65. The minimum Gasteiger partial charge on any atom is -0.493 e. The monoisotopic (exact) mass is 430 g/mol. The van der Waals surface area contributed by atoms with Crippen molar-refractivity contribution in [3.05, 3.63) is 76.3 Å². The van der Waals surface area contributed by atoms with Crippen LogP contribution in [0.2, 0.25) is 0 Å². The van der Waals surface area contributed by atoms with Gasteiger partial charge in [0.1, 0.15) is 11.6 Å². The van der Waals surface area contributed by atoms with Gasteiger partial charge in [0.2, 0.25) is 11.8 Å². The summed E-state index contributed by atoms with van der Waals surface area (Å²) >= 11 is 0. The van der Waals surface area contributed by atoms with Gasteiger partial charge in [-0.2, -0.15) is 10.4 Å². The van der Waals surface area contributed by atoms with E-state index in [1.807, 2.05) is 63.2 Å². The fourth-order valence-electron chi connectivity index (χ4n) is 3.90. The van der Waals surface area contributed by atoms with Crippen molar-refractivity contribution in [2.75, 3.05) is 13.7 Å². The molecule has 0 unspecified atom stereocenters. The van der Waals surface area contributed by atoms with E-state index in [0.29, 0.717) is 29.6 Å². The van der Waals surface area contributed by atoms with E-state index in [0.717, 1.165) is 34.5 Å². The molecule has 0 aliphatic carbocycles. The molecule has 1 atom stereocenters. The highest BCUT2D eigenvalue weighted by Gasteiger charge is 2.36. The maximum atomic E-state index is 9.91. The van der Waals surface area contributed by atoms with E-state index in [-0.39, 0.29) is 5.88 Å². The Morgan fingerprint density at radius 1 is 1.16 bits per heavy atom. The number of nitrogens with zero attached hydrogens (tertiary/aromatic N) is 3. The van der Waals surface area contributed by atoms with Crippen molar-refractivity contribution < 1.29 is 14.2 Å². The Morgan fingerprint density at radius 2 is 1.91 bits per heavy atom. The van der Waals surface area contributed by atoms with E-state index in [4.69, 9.17) is 25.0 Å². The van der Waals surface area contributed by atoms with Crippen LogP contribution in [0.5, 0.6) is 17.4 Å². The van der Waals surface area contributed by atoms with Crippen LogP contribution in [0.3, 0.4) is 0 Å². The number of aryl methyl sites for hydroxylation is 2. The van der Waals surface area contributed by atoms with Crippen molar-refractivity contribution in [3.63, 3.8) is 0 Å². The van der Waals surface area contributed by atoms with Gasteiger partial charge < -0.3 is 19.9 Å². The number of benzene rings is 2. The van der Waals surface area contributed by atoms with Crippen LogP contribution in [-0.4, -0.2) is 23.5 Å². The van der Waals surface area contributed by atoms with Crippen LogP contribution in [-0.2, 0) is 0 Å². The maximum absolute atomic E-state index is 9.91. The zero-order chi connectivity index (χ0) is 22.8. The molecule has 2 aromatic carbocycles. The molecule has 1 aliphatic rings. The van der Waals surface area contributed by atoms with E-state index < -0.39 is 5.92 Å². The Bertz CT molecular complexity index is 1220. The lowest BCUT2D eigenvalue weighted by Crippen LogP contribution is -2.22. The molecule has 0 saturated heterocycles. The van der Waals surface area contributed by atoms with E-state index >= 15 is 0 Å². The number of fused-ring (bicyclic) bond motifs is 1. The van der Waals surface area contributed by atoms with Gasteiger partial charge in [-0.1, -0.05) is 30.7 Å². The van der Waals surface area contributed by atoms with E-state index in [9.17, 15) is 5.26 Å². The summed E-state index contributed by atoms with van der Waals surface area (Å²) in [5.74, 6) is 1.41. The average molecular weight is 431 g/mol. The molecule has 2 heterocycles. The molecule has 0 fully saturated rings. The quantitative estimate of drug-likeness (QED) is 0.618. The number of nitrogens with two attached hydrogens (primary N) is 1. The van der Waals surface area contributed by atoms with Crippen LogP contribution in [0.15, 0.2) is 53.9 Å². The van der Waals surface area contributed by atoms with Gasteiger partial charge in [-0.05, 0) is 50.1 Å². The molecule has 32 heavy (non-hydrogen) atoms. The third-order valence-corrected chi connectivity index (χ3v) is 5.49. The second-order valence-electron chi connectivity index (χ2n) is 7.74. The van der Waals surface area contributed by atoms with Crippen molar-refractivity contribution in [1.29, 1.82) is 5.26 Å². The second-order valence-corrected chi connectivity index (χ2v) is 7.74. The van der Waals surface area contributed by atoms with Crippen molar-refractivity contribution in [2.45, 2.75) is 33.1 Å². The summed E-state index contributed by atoms with van der Waals surface area (Å²) in [7, 11) is 1.60. The molecule has 0 radical (unpaired) electrons.